The molecule has 0 saturated carbocycles. The Morgan fingerprint density at radius 3 is 1.82 bits per heavy atom. The van der Waals surface area contributed by atoms with Crippen molar-refractivity contribution in [3.8, 4) is 0 Å². The van der Waals surface area contributed by atoms with Crippen molar-refractivity contribution in [1.29, 1.82) is 0 Å². The van der Waals surface area contributed by atoms with Crippen molar-refractivity contribution in [2.24, 2.45) is 0 Å². The summed E-state index contributed by atoms with van der Waals surface area (Å²) in [4.78, 5) is 2.12. The van der Waals surface area contributed by atoms with E-state index in [0.717, 1.165) is 6.54 Å². The molecule has 1 saturated heterocycles. The number of hydrogen-bond donors (Lipinski definition) is 1. The second-order valence-corrected chi connectivity index (χ2v) is 4.63. The van der Waals surface area contributed by atoms with Crippen LogP contribution in [0.1, 0.15) is 27.7 Å². The molecule has 1 fully saturated rings. The number of hydrogen-bond acceptors (Lipinski definition) is 2. The number of nitrogens with zero attached hydrogens (tertiary/aromatic N) is 1. The number of likely N-dealkylation sites (N-methyl/N-ethyl adjacent to an activating group) is 1. The Balaban J connectivity index is 2.89. The van der Waals surface area contributed by atoms with Crippen molar-refractivity contribution in [2.45, 2.75) is 38.9 Å². The summed E-state index contributed by atoms with van der Waals surface area (Å²) >= 11 is 0. The monoisotopic (exact) mass is 158 g/mol. The van der Waals surface area contributed by atoms with Gasteiger partial charge in [0.2, 0.25) is 0 Å². The molecule has 1 aliphatic heterocycles. The molecule has 1 atom stereocenters. The average Bonchev–Trinajstić information content (AvgIpc) is 1.94. The summed E-state index contributed by atoms with van der Waals surface area (Å²) in [5.41, 5.74) is -0.415. The van der Waals surface area contributed by atoms with Gasteiger partial charge in [-0.25, -0.2) is 4.90 Å². The second-order valence-electron chi connectivity index (χ2n) is 4.63. The molecule has 1 unspecified atom stereocenters. The molecule has 0 aromatic carbocycles. The molecular weight excluding hydrogens is 140 g/mol. The zero-order valence-corrected chi connectivity index (χ0v) is 8.06. The molecule has 3 heteroatoms. The van der Waals surface area contributed by atoms with Crippen LogP contribution < -0.4 is 5.06 Å². The van der Waals surface area contributed by atoms with Gasteiger partial charge < -0.3 is 10.3 Å². The van der Waals surface area contributed by atoms with Crippen molar-refractivity contribution < 1.29 is 5.06 Å². The maximum Gasteiger partial charge on any atom is 0.148 e. The molecule has 0 amide bonds. The maximum atomic E-state index is 11.7. The van der Waals surface area contributed by atoms with Gasteiger partial charge in [-0.3, -0.25) is 0 Å². The van der Waals surface area contributed by atoms with E-state index in [0.29, 0.717) is 5.06 Å². The van der Waals surface area contributed by atoms with Gasteiger partial charge in [-0.2, -0.15) is 0 Å². The molecule has 0 aromatic rings. The molecule has 1 N–H and O–H groups in total. The largest absolute Gasteiger partial charge is 0.633 e. The van der Waals surface area contributed by atoms with E-state index < -0.39 is 0 Å². The lowest BCUT2D eigenvalue weighted by Gasteiger charge is -2.40. The van der Waals surface area contributed by atoms with Crippen LogP contribution in [0.4, 0.5) is 0 Å². The molecule has 1 heterocycles. The smallest absolute Gasteiger partial charge is 0.148 e. The van der Waals surface area contributed by atoms with Crippen molar-refractivity contribution in [3.05, 3.63) is 5.21 Å². The third-order valence-electron chi connectivity index (χ3n) is 2.76. The highest BCUT2D eigenvalue weighted by Gasteiger charge is 2.48. The third-order valence-corrected chi connectivity index (χ3v) is 2.76. The van der Waals surface area contributed by atoms with Crippen LogP contribution in [0, 0.1) is 5.21 Å². The van der Waals surface area contributed by atoms with Gasteiger partial charge >= 0.3 is 0 Å². The highest BCUT2D eigenvalue weighted by molar-refractivity contribution is 4.85. The van der Waals surface area contributed by atoms with Crippen LogP contribution >= 0.6 is 0 Å². The highest BCUT2D eigenvalue weighted by atomic mass is 16.5. The normalized spacial score (nSPS) is 36.0. The van der Waals surface area contributed by atoms with E-state index in [4.69, 9.17) is 0 Å². The number of nitrogens with one attached hydrogen (secondary N) is 1. The Bertz CT molecular complexity index is 165. The SMILES string of the molecule is CN1CC(C)(C)[NH+]([O-])C1(C)C. The van der Waals surface area contributed by atoms with Gasteiger partial charge in [0.15, 0.2) is 0 Å². The lowest BCUT2D eigenvalue weighted by atomic mass is 10.1. The standard InChI is InChI=1S/C8H18N2O/c1-7(2)6-9(5)8(3,4)10(7)11/h10H,6H2,1-5H3. The van der Waals surface area contributed by atoms with Crippen molar-refractivity contribution in [2.75, 3.05) is 13.6 Å². The summed E-state index contributed by atoms with van der Waals surface area (Å²) in [6.07, 6.45) is 0. The molecular formula is C8H18N2O. The van der Waals surface area contributed by atoms with Crippen LogP contribution in [0.25, 0.3) is 0 Å². The molecule has 3 nitrogen and oxygen atoms in total. The summed E-state index contributed by atoms with van der Waals surface area (Å²) in [5, 5.41) is 12.1. The zero-order valence-electron chi connectivity index (χ0n) is 8.06. The average molecular weight is 158 g/mol. The minimum absolute atomic E-state index is 0.155. The van der Waals surface area contributed by atoms with E-state index in [1.165, 1.54) is 0 Å². The summed E-state index contributed by atoms with van der Waals surface area (Å²) in [6, 6.07) is 0. The van der Waals surface area contributed by atoms with Crippen LogP contribution in [-0.4, -0.2) is 29.7 Å². The van der Waals surface area contributed by atoms with E-state index in [9.17, 15) is 5.21 Å². The molecule has 0 aliphatic carbocycles. The Kier molecular flexibility index (Phi) is 1.78. The molecule has 0 spiro atoms. The predicted molar refractivity (Wildman–Crippen MR) is 45.1 cm³/mol. The van der Waals surface area contributed by atoms with Gasteiger partial charge in [-0.05, 0) is 20.9 Å². The summed E-state index contributed by atoms with van der Waals surface area (Å²) < 4.78 is 0. The van der Waals surface area contributed by atoms with Crippen LogP contribution in [0.3, 0.4) is 0 Å². The first kappa shape index (κ1) is 8.97. The van der Waals surface area contributed by atoms with Crippen LogP contribution in [0.2, 0.25) is 0 Å². The quantitative estimate of drug-likeness (QED) is 0.496. The highest BCUT2D eigenvalue weighted by Crippen LogP contribution is 2.17. The third kappa shape index (κ3) is 1.17. The van der Waals surface area contributed by atoms with E-state index in [-0.39, 0.29) is 11.2 Å². The molecule has 1 rings (SSSR count). The molecule has 1 aliphatic rings. The predicted octanol–water partition coefficient (Wildman–Crippen LogP) is -0.171. The lowest BCUT2D eigenvalue weighted by molar-refractivity contribution is -0.938. The Morgan fingerprint density at radius 1 is 1.27 bits per heavy atom. The maximum absolute atomic E-state index is 11.7. The fraction of sp³-hybridized carbons (Fsp3) is 1.00. The van der Waals surface area contributed by atoms with E-state index >= 15 is 0 Å². The Morgan fingerprint density at radius 2 is 1.73 bits per heavy atom. The second kappa shape index (κ2) is 2.19. The van der Waals surface area contributed by atoms with Crippen molar-refractivity contribution >= 4 is 0 Å². The molecule has 66 valence electrons. The topological polar surface area (TPSA) is 30.7 Å². The lowest BCUT2D eigenvalue weighted by Crippen LogP contribution is -3.20. The minimum atomic E-state index is -0.260. The Hall–Kier alpha value is -0.120. The van der Waals surface area contributed by atoms with Gasteiger partial charge in [-0.15, -0.1) is 0 Å². The van der Waals surface area contributed by atoms with Crippen LogP contribution in [-0.2, 0) is 0 Å². The Labute approximate surface area is 68.6 Å². The van der Waals surface area contributed by atoms with E-state index in [2.05, 4.69) is 4.90 Å². The van der Waals surface area contributed by atoms with Crippen LogP contribution in [0.5, 0.6) is 0 Å². The van der Waals surface area contributed by atoms with Gasteiger partial charge in [0.1, 0.15) is 11.2 Å². The zero-order chi connectivity index (χ0) is 8.86. The summed E-state index contributed by atoms with van der Waals surface area (Å²) in [5.74, 6) is 0. The van der Waals surface area contributed by atoms with Gasteiger partial charge in [0, 0.05) is 13.8 Å². The first-order chi connectivity index (χ1) is 4.78. The molecule has 11 heavy (non-hydrogen) atoms. The minimum Gasteiger partial charge on any atom is -0.633 e. The van der Waals surface area contributed by atoms with E-state index in [1.807, 2.05) is 34.7 Å². The van der Waals surface area contributed by atoms with Crippen molar-refractivity contribution in [3.63, 3.8) is 0 Å². The van der Waals surface area contributed by atoms with Gasteiger partial charge in [0.05, 0.1) is 6.54 Å². The summed E-state index contributed by atoms with van der Waals surface area (Å²) in [6.45, 7) is 8.88. The van der Waals surface area contributed by atoms with E-state index in [1.54, 1.807) is 0 Å². The first-order valence-corrected chi connectivity index (χ1v) is 4.04. The molecule has 0 radical (unpaired) electrons. The fourth-order valence-electron chi connectivity index (χ4n) is 1.86. The number of rotatable bonds is 0. The first-order valence-electron chi connectivity index (χ1n) is 4.04. The molecule has 0 aromatic heterocycles. The van der Waals surface area contributed by atoms with Gasteiger partial charge in [-0.1, -0.05) is 0 Å². The van der Waals surface area contributed by atoms with Gasteiger partial charge in [0.25, 0.3) is 0 Å². The number of hydroxylamine groups is 2. The fourth-order valence-corrected chi connectivity index (χ4v) is 1.86. The van der Waals surface area contributed by atoms with Crippen LogP contribution in [0.15, 0.2) is 0 Å². The van der Waals surface area contributed by atoms with Crippen molar-refractivity contribution in [1.82, 2.24) is 4.90 Å². The molecule has 0 bridgehead atoms. The summed E-state index contributed by atoms with van der Waals surface area (Å²) in [7, 11) is 2.01. The number of quaternary nitrogens is 1.